The summed E-state index contributed by atoms with van der Waals surface area (Å²) in [6.07, 6.45) is 3.07. The quantitative estimate of drug-likeness (QED) is 0.434. The van der Waals surface area contributed by atoms with Crippen LogP contribution in [0.5, 0.6) is 5.75 Å². The van der Waals surface area contributed by atoms with Gasteiger partial charge < -0.3 is 4.74 Å². The molecule has 1 amide bonds. The summed E-state index contributed by atoms with van der Waals surface area (Å²) in [6.45, 7) is 2.86. The first-order valence-corrected chi connectivity index (χ1v) is 5.91. The maximum Gasteiger partial charge on any atom is 0.243 e. The molecule has 2 N–H and O–H groups in total. The summed E-state index contributed by atoms with van der Waals surface area (Å²) in [4.78, 5) is 10.8. The molecule has 4 heteroatoms. The van der Waals surface area contributed by atoms with E-state index in [9.17, 15) is 4.79 Å². The third kappa shape index (κ3) is 5.36. The summed E-state index contributed by atoms with van der Waals surface area (Å²) in [7, 11) is 0. The van der Waals surface area contributed by atoms with Gasteiger partial charge in [-0.05, 0) is 30.5 Å². The molecular formula is C13H19NO3. The average molecular weight is 237 g/mol. The minimum atomic E-state index is -0.367. The molecule has 0 fully saturated rings. The summed E-state index contributed by atoms with van der Waals surface area (Å²) in [5.74, 6) is 0.488. The first-order valence-electron chi connectivity index (χ1n) is 5.91. The van der Waals surface area contributed by atoms with Crippen LogP contribution in [0.25, 0.3) is 0 Å². The fraction of sp³-hybridized carbons (Fsp3) is 0.462. The molecule has 0 spiro atoms. The minimum absolute atomic E-state index is 0.284. The predicted octanol–water partition coefficient (Wildman–Crippen LogP) is 2.30. The topological polar surface area (TPSA) is 58.6 Å². The minimum Gasteiger partial charge on any atom is -0.494 e. The number of carbonyl (C=O) groups excluding carboxylic acids is 1. The lowest BCUT2D eigenvalue weighted by Gasteiger charge is -2.06. The third-order valence-electron chi connectivity index (χ3n) is 2.46. The van der Waals surface area contributed by atoms with Crippen LogP contribution in [0.1, 0.15) is 31.7 Å². The van der Waals surface area contributed by atoms with Crippen molar-refractivity contribution < 1.29 is 14.7 Å². The van der Waals surface area contributed by atoms with E-state index < -0.39 is 0 Å². The number of amides is 1. The molecule has 0 atom stereocenters. The molecule has 0 saturated heterocycles. The predicted molar refractivity (Wildman–Crippen MR) is 65.1 cm³/mol. The highest BCUT2D eigenvalue weighted by Gasteiger charge is 2.00. The smallest absolute Gasteiger partial charge is 0.243 e. The van der Waals surface area contributed by atoms with Crippen molar-refractivity contribution in [2.24, 2.45) is 0 Å². The first kappa shape index (κ1) is 13.5. The van der Waals surface area contributed by atoms with Crippen LogP contribution in [0.3, 0.4) is 0 Å². The van der Waals surface area contributed by atoms with Gasteiger partial charge >= 0.3 is 0 Å². The zero-order chi connectivity index (χ0) is 12.5. The number of hydrogen-bond acceptors (Lipinski definition) is 3. The zero-order valence-corrected chi connectivity index (χ0v) is 10.1. The van der Waals surface area contributed by atoms with Crippen molar-refractivity contribution in [2.75, 3.05) is 6.61 Å². The number of carbonyl (C=O) groups is 1. The third-order valence-corrected chi connectivity index (χ3v) is 2.46. The lowest BCUT2D eigenvalue weighted by molar-refractivity contribution is -0.129. The Labute approximate surface area is 102 Å². The maximum atomic E-state index is 10.8. The Kier molecular flexibility index (Phi) is 6.10. The van der Waals surface area contributed by atoms with Gasteiger partial charge in [0.25, 0.3) is 0 Å². The maximum absolute atomic E-state index is 10.8. The van der Waals surface area contributed by atoms with E-state index in [2.05, 4.69) is 6.92 Å². The van der Waals surface area contributed by atoms with Crippen molar-refractivity contribution >= 4 is 5.91 Å². The molecule has 0 unspecified atom stereocenters. The van der Waals surface area contributed by atoms with Crippen LogP contribution in [-0.2, 0) is 11.2 Å². The van der Waals surface area contributed by atoms with E-state index >= 15 is 0 Å². The van der Waals surface area contributed by atoms with E-state index in [-0.39, 0.29) is 12.3 Å². The second-order valence-corrected chi connectivity index (χ2v) is 3.88. The van der Waals surface area contributed by atoms with Gasteiger partial charge in [-0.25, -0.2) is 5.48 Å². The van der Waals surface area contributed by atoms with Gasteiger partial charge in [-0.3, -0.25) is 10.0 Å². The lowest BCUT2D eigenvalue weighted by atomic mass is 10.1. The van der Waals surface area contributed by atoms with Crippen molar-refractivity contribution in [3.63, 3.8) is 0 Å². The van der Waals surface area contributed by atoms with E-state index in [4.69, 9.17) is 9.94 Å². The number of nitrogens with one attached hydrogen (secondary N) is 1. The number of benzene rings is 1. The number of aryl methyl sites for hydroxylation is 1. The highest BCUT2D eigenvalue weighted by molar-refractivity contribution is 5.74. The number of ether oxygens (including phenoxy) is 1. The van der Waals surface area contributed by atoms with Crippen molar-refractivity contribution in [1.82, 2.24) is 5.48 Å². The van der Waals surface area contributed by atoms with Gasteiger partial charge in [-0.2, -0.15) is 0 Å². The molecule has 1 aromatic carbocycles. The number of hydroxylamine groups is 1. The van der Waals surface area contributed by atoms with E-state index in [0.717, 1.165) is 30.8 Å². The molecule has 94 valence electrons. The SMILES string of the molecule is CCCCOc1ccc(CCC(=O)NO)cc1. The fourth-order valence-electron chi connectivity index (χ4n) is 1.40. The molecule has 0 saturated carbocycles. The number of unbranched alkanes of at least 4 members (excludes halogenated alkanes) is 1. The van der Waals surface area contributed by atoms with Crippen LogP contribution in [0.2, 0.25) is 0 Å². The molecule has 1 rings (SSSR count). The summed E-state index contributed by atoms with van der Waals surface area (Å²) in [5, 5.41) is 8.36. The Hall–Kier alpha value is -1.55. The van der Waals surface area contributed by atoms with Crippen molar-refractivity contribution in [1.29, 1.82) is 0 Å². The molecule has 0 aliphatic heterocycles. The van der Waals surface area contributed by atoms with E-state index in [1.807, 2.05) is 24.3 Å². The molecule has 0 aliphatic carbocycles. The van der Waals surface area contributed by atoms with Crippen LogP contribution in [0.15, 0.2) is 24.3 Å². The second kappa shape index (κ2) is 7.68. The Morgan fingerprint density at radius 3 is 2.65 bits per heavy atom. The Bertz CT molecular complexity index is 335. The van der Waals surface area contributed by atoms with Gasteiger partial charge in [0.1, 0.15) is 5.75 Å². The number of hydrogen-bond donors (Lipinski definition) is 2. The molecule has 0 aliphatic rings. The van der Waals surface area contributed by atoms with Crippen LogP contribution in [-0.4, -0.2) is 17.7 Å². The molecule has 0 radical (unpaired) electrons. The molecule has 17 heavy (non-hydrogen) atoms. The van der Waals surface area contributed by atoms with Crippen LogP contribution in [0.4, 0.5) is 0 Å². The largest absolute Gasteiger partial charge is 0.494 e. The normalized spacial score (nSPS) is 10.0. The lowest BCUT2D eigenvalue weighted by Crippen LogP contribution is -2.18. The summed E-state index contributed by atoms with van der Waals surface area (Å²) in [6, 6.07) is 7.68. The van der Waals surface area contributed by atoms with Gasteiger partial charge in [0.2, 0.25) is 5.91 Å². The Morgan fingerprint density at radius 2 is 2.06 bits per heavy atom. The Morgan fingerprint density at radius 1 is 1.35 bits per heavy atom. The van der Waals surface area contributed by atoms with Crippen molar-refractivity contribution in [2.45, 2.75) is 32.6 Å². The summed E-state index contributed by atoms with van der Waals surface area (Å²) in [5.41, 5.74) is 2.67. The molecule has 1 aromatic rings. The summed E-state index contributed by atoms with van der Waals surface area (Å²) >= 11 is 0. The van der Waals surface area contributed by atoms with Gasteiger partial charge in [0.15, 0.2) is 0 Å². The second-order valence-electron chi connectivity index (χ2n) is 3.88. The monoisotopic (exact) mass is 237 g/mol. The summed E-state index contributed by atoms with van der Waals surface area (Å²) < 4.78 is 5.53. The van der Waals surface area contributed by atoms with Crippen molar-refractivity contribution in [3.8, 4) is 5.75 Å². The van der Waals surface area contributed by atoms with Crippen LogP contribution < -0.4 is 10.2 Å². The van der Waals surface area contributed by atoms with E-state index in [1.165, 1.54) is 0 Å². The highest BCUT2D eigenvalue weighted by atomic mass is 16.5. The number of rotatable bonds is 7. The molecule has 0 bridgehead atoms. The standard InChI is InChI=1S/C13H19NO3/c1-2-3-10-17-12-7-4-11(5-8-12)6-9-13(15)14-16/h4-5,7-8,16H,2-3,6,9-10H2,1H3,(H,14,15). The Balaban J connectivity index is 2.36. The van der Waals surface area contributed by atoms with Crippen LogP contribution in [0, 0.1) is 0 Å². The fourth-order valence-corrected chi connectivity index (χ4v) is 1.40. The van der Waals surface area contributed by atoms with Gasteiger partial charge in [0, 0.05) is 6.42 Å². The van der Waals surface area contributed by atoms with Gasteiger partial charge in [-0.15, -0.1) is 0 Å². The van der Waals surface area contributed by atoms with Crippen molar-refractivity contribution in [3.05, 3.63) is 29.8 Å². The van der Waals surface area contributed by atoms with Gasteiger partial charge in [0.05, 0.1) is 6.61 Å². The molecule has 0 aromatic heterocycles. The average Bonchev–Trinajstić information content (AvgIpc) is 2.37. The molecule has 4 nitrogen and oxygen atoms in total. The molecular weight excluding hydrogens is 218 g/mol. The first-order chi connectivity index (χ1) is 8.26. The highest BCUT2D eigenvalue weighted by Crippen LogP contribution is 2.13. The molecule has 0 heterocycles. The van der Waals surface area contributed by atoms with Gasteiger partial charge in [-0.1, -0.05) is 25.5 Å². The van der Waals surface area contributed by atoms with Crippen LogP contribution >= 0.6 is 0 Å². The zero-order valence-electron chi connectivity index (χ0n) is 10.1. The van der Waals surface area contributed by atoms with E-state index in [1.54, 1.807) is 5.48 Å². The van der Waals surface area contributed by atoms with E-state index in [0.29, 0.717) is 6.42 Å².